The number of nitrogens with one attached hydrogen (secondary N) is 1. The van der Waals surface area contributed by atoms with Crippen molar-refractivity contribution >= 4 is 11.8 Å². The van der Waals surface area contributed by atoms with E-state index in [4.69, 9.17) is 0 Å². The number of aromatic nitrogens is 3. The second-order valence-corrected chi connectivity index (χ2v) is 6.68. The molecule has 27 heavy (non-hydrogen) atoms. The Balaban J connectivity index is 2.12. The molecule has 1 N–H and O–H groups in total. The number of carbonyl (C=O) groups is 2. The van der Waals surface area contributed by atoms with Crippen LogP contribution in [0.2, 0.25) is 0 Å². The highest BCUT2D eigenvalue weighted by Gasteiger charge is 2.51. The standard InChI is InChI=1S/C17H24F3N5O2/c1-4-6-25-10-14(22-23-25)16(27)21-13-9-24(8-12(13)17(18,19)20)15(26)7-11(3)5-2/h7,10,12-13H,4-6,8-9H2,1-3H3,(H,21,27)/b11-7-/t12-,13-/m1/s1. The molecule has 1 aromatic heterocycles. The molecule has 1 aliphatic heterocycles. The molecule has 10 heteroatoms. The second-order valence-electron chi connectivity index (χ2n) is 6.68. The lowest BCUT2D eigenvalue weighted by Crippen LogP contribution is -2.45. The molecule has 1 aliphatic rings. The molecule has 0 saturated carbocycles. The molecule has 0 aromatic carbocycles. The number of aryl methyl sites for hydroxylation is 1. The van der Waals surface area contributed by atoms with E-state index in [1.165, 1.54) is 17.0 Å². The van der Waals surface area contributed by atoms with Crippen molar-refractivity contribution < 1.29 is 22.8 Å². The van der Waals surface area contributed by atoms with Crippen LogP contribution < -0.4 is 5.32 Å². The van der Waals surface area contributed by atoms with Crippen LogP contribution in [0.5, 0.6) is 0 Å². The van der Waals surface area contributed by atoms with Crippen molar-refractivity contribution in [3.8, 4) is 0 Å². The molecule has 1 fully saturated rings. The van der Waals surface area contributed by atoms with Gasteiger partial charge in [-0.05, 0) is 19.8 Å². The van der Waals surface area contributed by atoms with E-state index in [1.807, 2.05) is 13.8 Å². The van der Waals surface area contributed by atoms with E-state index in [2.05, 4.69) is 15.6 Å². The average Bonchev–Trinajstić information content (AvgIpc) is 3.21. The lowest BCUT2D eigenvalue weighted by atomic mass is 10.0. The van der Waals surface area contributed by atoms with Gasteiger partial charge in [-0.1, -0.05) is 24.6 Å². The number of alkyl halides is 3. The van der Waals surface area contributed by atoms with Gasteiger partial charge in [-0.25, -0.2) is 0 Å². The summed E-state index contributed by atoms with van der Waals surface area (Å²) in [5.41, 5.74) is 0.736. The Morgan fingerprint density at radius 3 is 2.63 bits per heavy atom. The van der Waals surface area contributed by atoms with Crippen molar-refractivity contribution in [2.75, 3.05) is 13.1 Å². The van der Waals surface area contributed by atoms with Gasteiger partial charge in [0.25, 0.3) is 5.91 Å². The lowest BCUT2D eigenvalue weighted by Gasteiger charge is -2.21. The minimum atomic E-state index is -4.53. The molecule has 2 amide bonds. The molecule has 1 saturated heterocycles. The van der Waals surface area contributed by atoms with Gasteiger partial charge in [-0.2, -0.15) is 13.2 Å². The number of nitrogens with zero attached hydrogens (tertiary/aromatic N) is 4. The van der Waals surface area contributed by atoms with Crippen LogP contribution in [0.4, 0.5) is 13.2 Å². The molecule has 0 bridgehead atoms. The minimum absolute atomic E-state index is 0.0455. The fraction of sp³-hybridized carbons (Fsp3) is 0.647. The van der Waals surface area contributed by atoms with Crippen molar-refractivity contribution in [1.82, 2.24) is 25.2 Å². The summed E-state index contributed by atoms with van der Waals surface area (Å²) in [6.45, 7) is 5.40. The number of likely N-dealkylation sites (tertiary alicyclic amines) is 1. The Bertz CT molecular complexity index is 714. The van der Waals surface area contributed by atoms with E-state index >= 15 is 0 Å². The summed E-state index contributed by atoms with van der Waals surface area (Å²) in [6, 6.07) is -1.23. The highest BCUT2D eigenvalue weighted by molar-refractivity contribution is 5.92. The molecule has 0 unspecified atom stereocenters. The largest absolute Gasteiger partial charge is 0.395 e. The number of allylic oxidation sites excluding steroid dienone is 1. The van der Waals surface area contributed by atoms with Crippen LogP contribution in [0.25, 0.3) is 0 Å². The fourth-order valence-electron chi connectivity index (χ4n) is 2.85. The molecule has 2 atom stereocenters. The van der Waals surface area contributed by atoms with Crippen LogP contribution in [0.15, 0.2) is 17.8 Å². The quantitative estimate of drug-likeness (QED) is 0.759. The van der Waals surface area contributed by atoms with E-state index < -0.39 is 36.5 Å². The van der Waals surface area contributed by atoms with Gasteiger partial charge in [0.2, 0.25) is 5.91 Å². The van der Waals surface area contributed by atoms with Crippen molar-refractivity contribution in [2.45, 2.75) is 52.4 Å². The van der Waals surface area contributed by atoms with Crippen molar-refractivity contribution in [3.63, 3.8) is 0 Å². The smallest absolute Gasteiger partial charge is 0.345 e. The number of hydrogen-bond acceptors (Lipinski definition) is 4. The third-order valence-electron chi connectivity index (χ3n) is 4.52. The van der Waals surface area contributed by atoms with Crippen LogP contribution in [0.1, 0.15) is 44.1 Å². The van der Waals surface area contributed by atoms with Crippen LogP contribution in [-0.2, 0) is 11.3 Å². The summed E-state index contributed by atoms with van der Waals surface area (Å²) < 4.78 is 41.6. The number of rotatable bonds is 6. The Labute approximate surface area is 155 Å². The maximum Gasteiger partial charge on any atom is 0.395 e. The third-order valence-corrected chi connectivity index (χ3v) is 4.52. The second kappa shape index (κ2) is 8.53. The molecule has 0 aliphatic carbocycles. The van der Waals surface area contributed by atoms with Crippen molar-refractivity contribution in [1.29, 1.82) is 0 Å². The highest BCUT2D eigenvalue weighted by Crippen LogP contribution is 2.34. The minimum Gasteiger partial charge on any atom is -0.345 e. The van der Waals surface area contributed by atoms with Gasteiger partial charge >= 0.3 is 6.18 Å². The van der Waals surface area contributed by atoms with E-state index in [0.29, 0.717) is 13.0 Å². The first-order chi connectivity index (χ1) is 12.7. The predicted molar refractivity (Wildman–Crippen MR) is 91.7 cm³/mol. The Hall–Kier alpha value is -2.39. The van der Waals surface area contributed by atoms with Gasteiger partial charge in [0.1, 0.15) is 0 Å². The first-order valence-electron chi connectivity index (χ1n) is 8.89. The van der Waals surface area contributed by atoms with Gasteiger partial charge < -0.3 is 10.2 Å². The zero-order valence-electron chi connectivity index (χ0n) is 15.6. The predicted octanol–water partition coefficient (Wildman–Crippen LogP) is 2.16. The first kappa shape index (κ1) is 20.9. The number of halogens is 3. The Morgan fingerprint density at radius 1 is 1.33 bits per heavy atom. The maximum atomic E-state index is 13.4. The van der Waals surface area contributed by atoms with E-state index in [1.54, 1.807) is 6.92 Å². The summed E-state index contributed by atoms with van der Waals surface area (Å²) in [5, 5.41) is 9.83. The van der Waals surface area contributed by atoms with E-state index in [9.17, 15) is 22.8 Å². The lowest BCUT2D eigenvalue weighted by molar-refractivity contribution is -0.174. The topological polar surface area (TPSA) is 80.1 Å². The van der Waals surface area contributed by atoms with Crippen molar-refractivity contribution in [2.24, 2.45) is 5.92 Å². The zero-order valence-corrected chi connectivity index (χ0v) is 15.6. The average molecular weight is 387 g/mol. The summed E-state index contributed by atoms with van der Waals surface area (Å²) in [5.74, 6) is -3.04. The third kappa shape index (κ3) is 5.30. The van der Waals surface area contributed by atoms with Crippen LogP contribution in [0, 0.1) is 5.92 Å². The normalized spacial score (nSPS) is 20.8. The van der Waals surface area contributed by atoms with Gasteiger partial charge in [0.15, 0.2) is 5.69 Å². The Kier molecular flexibility index (Phi) is 6.61. The number of hydrogen-bond donors (Lipinski definition) is 1. The number of carbonyl (C=O) groups excluding carboxylic acids is 2. The summed E-state index contributed by atoms with van der Waals surface area (Å²) in [7, 11) is 0. The summed E-state index contributed by atoms with van der Waals surface area (Å²) in [4.78, 5) is 25.6. The summed E-state index contributed by atoms with van der Waals surface area (Å²) in [6.07, 6.45) is -0.377. The molecule has 2 rings (SSSR count). The molecule has 0 radical (unpaired) electrons. The van der Waals surface area contributed by atoms with Crippen LogP contribution in [0.3, 0.4) is 0 Å². The monoisotopic (exact) mass is 387 g/mol. The Morgan fingerprint density at radius 2 is 2.04 bits per heavy atom. The highest BCUT2D eigenvalue weighted by atomic mass is 19.4. The van der Waals surface area contributed by atoms with E-state index in [0.717, 1.165) is 16.9 Å². The first-order valence-corrected chi connectivity index (χ1v) is 8.89. The SMILES string of the molecule is CCCn1cc(C(=O)N[C@@H]2CN(C(=O)/C=C(/C)CC)C[C@H]2C(F)(F)F)nn1. The molecular weight excluding hydrogens is 363 g/mol. The van der Waals surface area contributed by atoms with Crippen molar-refractivity contribution in [3.05, 3.63) is 23.5 Å². The van der Waals surface area contributed by atoms with E-state index in [-0.39, 0.29) is 12.2 Å². The zero-order chi connectivity index (χ0) is 20.2. The van der Waals surface area contributed by atoms with Crippen LogP contribution >= 0.6 is 0 Å². The molecular formula is C17H24F3N5O2. The number of amides is 2. The fourth-order valence-corrected chi connectivity index (χ4v) is 2.85. The maximum absolute atomic E-state index is 13.4. The molecule has 7 nitrogen and oxygen atoms in total. The molecule has 150 valence electrons. The van der Waals surface area contributed by atoms with Gasteiger partial charge in [-0.15, -0.1) is 5.10 Å². The summed E-state index contributed by atoms with van der Waals surface area (Å²) >= 11 is 0. The van der Waals surface area contributed by atoms with Gasteiger partial charge in [0, 0.05) is 25.7 Å². The molecule has 0 spiro atoms. The van der Waals surface area contributed by atoms with Gasteiger partial charge in [0.05, 0.1) is 18.2 Å². The van der Waals surface area contributed by atoms with Gasteiger partial charge in [-0.3, -0.25) is 14.3 Å². The molecule has 2 heterocycles. The molecule has 1 aromatic rings. The van der Waals surface area contributed by atoms with Crippen LogP contribution in [-0.4, -0.2) is 57.0 Å².